The molecule has 0 aliphatic rings. The lowest BCUT2D eigenvalue weighted by Crippen LogP contribution is -2.12. The Morgan fingerprint density at radius 3 is 1.69 bits per heavy atom. The molecule has 0 N–H and O–H groups in total. The van der Waals surface area contributed by atoms with Gasteiger partial charge in [-0.2, -0.15) is 0 Å². The van der Waals surface area contributed by atoms with Crippen LogP contribution in [0.4, 0.5) is 0 Å². The Bertz CT molecular complexity index is 503. The fourth-order valence-corrected chi connectivity index (χ4v) is 3.03. The summed E-state index contributed by atoms with van der Waals surface area (Å²) in [4.78, 5) is 14.1. The molecule has 0 atom stereocenters. The summed E-state index contributed by atoms with van der Waals surface area (Å²) in [6.45, 7) is 0.623. The van der Waals surface area contributed by atoms with Crippen LogP contribution in [0.15, 0.2) is 5.11 Å². The van der Waals surface area contributed by atoms with Gasteiger partial charge in [0.2, 0.25) is 0 Å². The molecule has 0 heterocycles. The largest absolute Gasteiger partial charge is 0.449 e. The first-order valence-electron chi connectivity index (χ1n) is 9.80. The molecule has 0 radical (unpaired) electrons. The van der Waals surface area contributed by atoms with Crippen LogP contribution in [0, 0.1) is 0 Å². The zero-order valence-corrected chi connectivity index (χ0v) is 17.0. The van der Waals surface area contributed by atoms with E-state index >= 15 is 0 Å². The number of nitrogens with zero attached hydrogens (tertiary/aromatic N) is 3. The lowest BCUT2D eigenvalue weighted by Gasteiger charge is -2.04. The average molecular weight is 390 g/mol. The third-order valence-electron chi connectivity index (χ3n) is 4.14. The molecule has 0 aromatic carbocycles. The monoisotopic (exact) mass is 389 g/mol. The van der Waals surface area contributed by atoms with Gasteiger partial charge in [-0.3, -0.25) is 4.79 Å². The molecule has 0 aliphatic carbocycles. The van der Waals surface area contributed by atoms with Gasteiger partial charge in [0, 0.05) is 24.1 Å². The predicted octanol–water partition coefficient (Wildman–Crippen LogP) is 5.30. The lowest BCUT2D eigenvalue weighted by atomic mass is 10.0. The van der Waals surface area contributed by atoms with Gasteiger partial charge >= 0.3 is 5.97 Å². The Balaban J connectivity index is 3.20. The molecule has 7 nitrogen and oxygen atoms in total. The first kappa shape index (κ1) is 24.7. The summed E-state index contributed by atoms with van der Waals surface area (Å²) in [6, 6.07) is 0. The van der Waals surface area contributed by atoms with Gasteiger partial charge in [0.25, 0.3) is 0 Å². The number of hydrogen-bond donors (Lipinski definition) is 0. The molecule has 0 unspecified atom stereocenters. The molecule has 8 heteroatoms. The molecule has 0 saturated carbocycles. The number of esters is 1. The molecule has 152 valence electrons. The molecule has 0 fully saturated rings. The first-order valence-corrected chi connectivity index (χ1v) is 11.9. The summed E-state index contributed by atoms with van der Waals surface area (Å²) >= 11 is 0. The quantitative estimate of drug-likeness (QED) is 0.104. The second kappa shape index (κ2) is 17.2. The van der Waals surface area contributed by atoms with E-state index in [0.29, 0.717) is 13.0 Å². The highest BCUT2D eigenvalue weighted by Crippen LogP contribution is 2.13. The third kappa shape index (κ3) is 20.8. The molecule has 0 bridgehead atoms. The summed E-state index contributed by atoms with van der Waals surface area (Å²) in [7, 11) is -3.24. The van der Waals surface area contributed by atoms with E-state index in [1.807, 2.05) is 0 Å². The molecule has 0 amide bonds. The van der Waals surface area contributed by atoms with E-state index < -0.39 is 21.7 Å². The topological polar surface area (TPSA) is 109 Å². The van der Waals surface area contributed by atoms with Gasteiger partial charge in [-0.05, 0) is 18.4 Å². The Morgan fingerprint density at radius 1 is 0.846 bits per heavy atom. The highest BCUT2D eigenvalue weighted by molar-refractivity contribution is 7.90. The van der Waals surface area contributed by atoms with Gasteiger partial charge in [0.05, 0.1) is 0 Å². The Hall–Kier alpha value is -1.27. The number of azide groups is 1. The highest BCUT2D eigenvalue weighted by atomic mass is 32.2. The second-order valence-corrected chi connectivity index (χ2v) is 8.95. The smallest absolute Gasteiger partial charge is 0.306 e. The number of hydrogen-bond acceptors (Lipinski definition) is 5. The SMILES string of the molecule is CS(=O)(=O)COC(=O)CCCCCCCCCCCCCCCN=[N+]=[N-]. The van der Waals surface area contributed by atoms with E-state index in [1.165, 1.54) is 51.4 Å². The van der Waals surface area contributed by atoms with Crippen LogP contribution in [0.3, 0.4) is 0 Å². The molecular formula is C18H35N3O4S. The third-order valence-corrected chi connectivity index (χ3v) is 4.68. The van der Waals surface area contributed by atoms with E-state index in [9.17, 15) is 13.2 Å². The molecule has 0 aromatic rings. The van der Waals surface area contributed by atoms with Crippen molar-refractivity contribution < 1.29 is 17.9 Å². The van der Waals surface area contributed by atoms with Gasteiger partial charge in [-0.1, -0.05) is 75.7 Å². The minimum Gasteiger partial charge on any atom is -0.449 e. The van der Waals surface area contributed by atoms with Crippen LogP contribution >= 0.6 is 0 Å². The molecule has 0 rings (SSSR count). The minimum atomic E-state index is -3.24. The minimum absolute atomic E-state index is 0.304. The van der Waals surface area contributed by atoms with Crippen LogP contribution < -0.4 is 0 Å². The second-order valence-electron chi connectivity index (χ2n) is 6.86. The van der Waals surface area contributed by atoms with E-state index in [1.54, 1.807) is 0 Å². The van der Waals surface area contributed by atoms with Crippen molar-refractivity contribution in [1.82, 2.24) is 0 Å². The van der Waals surface area contributed by atoms with Gasteiger partial charge in [-0.15, -0.1) is 0 Å². The van der Waals surface area contributed by atoms with Crippen molar-refractivity contribution in [2.75, 3.05) is 18.7 Å². The first-order chi connectivity index (χ1) is 12.5. The number of unbranched alkanes of at least 4 members (excludes halogenated alkanes) is 12. The van der Waals surface area contributed by atoms with Crippen molar-refractivity contribution in [3.63, 3.8) is 0 Å². The number of carbonyl (C=O) groups is 1. The molecule has 0 aromatic heterocycles. The maximum absolute atomic E-state index is 11.3. The zero-order chi connectivity index (χ0) is 19.5. The van der Waals surface area contributed by atoms with E-state index in [2.05, 4.69) is 14.8 Å². The summed E-state index contributed by atoms with van der Waals surface area (Å²) < 4.78 is 26.4. The Kier molecular flexibility index (Phi) is 16.3. The molecule has 26 heavy (non-hydrogen) atoms. The summed E-state index contributed by atoms with van der Waals surface area (Å²) in [6.07, 6.45) is 16.5. The van der Waals surface area contributed by atoms with Crippen LogP contribution in [0.2, 0.25) is 0 Å². The van der Waals surface area contributed by atoms with Crippen molar-refractivity contribution in [1.29, 1.82) is 0 Å². The van der Waals surface area contributed by atoms with Gasteiger partial charge < -0.3 is 4.74 Å². The van der Waals surface area contributed by atoms with Crippen LogP contribution in [-0.4, -0.2) is 33.1 Å². The van der Waals surface area contributed by atoms with Crippen LogP contribution in [0.25, 0.3) is 10.4 Å². The number of carbonyl (C=O) groups excluding carboxylic acids is 1. The maximum Gasteiger partial charge on any atom is 0.306 e. The van der Waals surface area contributed by atoms with Gasteiger partial charge in [-0.25, -0.2) is 8.42 Å². The summed E-state index contributed by atoms with van der Waals surface area (Å²) in [5.41, 5.74) is 8.16. The van der Waals surface area contributed by atoms with Crippen molar-refractivity contribution in [3.05, 3.63) is 10.4 Å². The van der Waals surface area contributed by atoms with E-state index in [-0.39, 0.29) is 0 Å². The maximum atomic E-state index is 11.3. The average Bonchev–Trinajstić information content (AvgIpc) is 2.59. The standard InChI is InChI=1S/C18H35N3O4S/c1-26(23,24)17-25-18(22)15-13-11-9-7-5-3-2-4-6-8-10-12-14-16-20-21-19/h2-17H2,1H3. The fraction of sp³-hybridized carbons (Fsp3) is 0.944. The van der Waals surface area contributed by atoms with Crippen LogP contribution in [0.1, 0.15) is 89.9 Å². The van der Waals surface area contributed by atoms with Crippen molar-refractivity contribution in [2.24, 2.45) is 5.11 Å². The Morgan fingerprint density at radius 2 is 1.27 bits per heavy atom. The lowest BCUT2D eigenvalue weighted by molar-refractivity contribution is -0.141. The van der Waals surface area contributed by atoms with Crippen LogP contribution in [0.5, 0.6) is 0 Å². The number of ether oxygens (including phenoxy) is 1. The number of rotatable bonds is 18. The zero-order valence-electron chi connectivity index (χ0n) is 16.2. The predicted molar refractivity (Wildman–Crippen MR) is 104 cm³/mol. The van der Waals surface area contributed by atoms with Crippen molar-refractivity contribution in [2.45, 2.75) is 89.9 Å². The van der Waals surface area contributed by atoms with Gasteiger partial charge in [0.1, 0.15) is 0 Å². The van der Waals surface area contributed by atoms with Crippen molar-refractivity contribution in [3.8, 4) is 0 Å². The fourth-order valence-electron chi connectivity index (χ4n) is 2.69. The van der Waals surface area contributed by atoms with Gasteiger partial charge in [0.15, 0.2) is 15.8 Å². The molecular weight excluding hydrogens is 354 g/mol. The number of sulfone groups is 1. The summed E-state index contributed by atoms with van der Waals surface area (Å²) in [5, 5.41) is 3.53. The van der Waals surface area contributed by atoms with E-state index in [4.69, 9.17) is 5.53 Å². The molecule has 0 aliphatic heterocycles. The van der Waals surface area contributed by atoms with Crippen LogP contribution in [-0.2, 0) is 19.4 Å². The Labute approximate surface area is 158 Å². The molecule has 0 spiro atoms. The molecule has 0 saturated heterocycles. The van der Waals surface area contributed by atoms with Crippen molar-refractivity contribution >= 4 is 15.8 Å². The highest BCUT2D eigenvalue weighted by Gasteiger charge is 2.07. The van der Waals surface area contributed by atoms with E-state index in [0.717, 1.165) is 38.4 Å². The summed E-state index contributed by atoms with van der Waals surface area (Å²) in [5.74, 6) is -0.935. The normalized spacial score (nSPS) is 11.1.